The summed E-state index contributed by atoms with van der Waals surface area (Å²) in [7, 11) is 1.67. The minimum Gasteiger partial charge on any atom is -0.427 e. The van der Waals surface area contributed by atoms with Crippen LogP contribution >= 0.6 is 11.8 Å². The van der Waals surface area contributed by atoms with Gasteiger partial charge in [0.05, 0.1) is 16.2 Å². The second kappa shape index (κ2) is 5.42. The van der Waals surface area contributed by atoms with Crippen LogP contribution in [0.3, 0.4) is 0 Å². The van der Waals surface area contributed by atoms with Crippen LogP contribution in [0.15, 0.2) is 23.4 Å². The minimum absolute atomic E-state index is 0.643. The molecule has 0 spiro atoms. The zero-order valence-corrected chi connectivity index (χ0v) is 11.8. The van der Waals surface area contributed by atoms with E-state index < -0.39 is 11.2 Å². The Morgan fingerprint density at radius 1 is 1.35 bits per heavy atom. The number of nitrogens with zero attached hydrogens (tertiary/aromatic N) is 1. The molecule has 0 saturated carbocycles. The molecule has 0 amide bonds. The molecule has 5 heteroatoms. The zero-order valence-electron chi connectivity index (χ0n) is 11.0. The number of pyridine rings is 1. The molecule has 0 unspecified atom stereocenters. The third-order valence-electron chi connectivity index (χ3n) is 2.93. The first kappa shape index (κ1) is 14.5. The van der Waals surface area contributed by atoms with Crippen LogP contribution in [0.1, 0.15) is 27.7 Å². The lowest BCUT2D eigenvalue weighted by molar-refractivity contribution is -0.0893. The molecule has 0 atom stereocenters. The molecule has 93 valence electrons. The lowest BCUT2D eigenvalue weighted by Crippen LogP contribution is -2.49. The van der Waals surface area contributed by atoms with Crippen molar-refractivity contribution in [3.05, 3.63) is 18.3 Å². The van der Waals surface area contributed by atoms with Crippen LogP contribution in [0, 0.1) is 0 Å². The molecule has 0 aromatic carbocycles. The first-order valence-electron chi connectivity index (χ1n) is 5.50. The number of aromatic nitrogens is 1. The molecule has 0 saturated heterocycles. The van der Waals surface area contributed by atoms with Gasteiger partial charge in [0.1, 0.15) is 0 Å². The summed E-state index contributed by atoms with van der Waals surface area (Å²) in [5.74, 6) is 0. The van der Waals surface area contributed by atoms with Crippen molar-refractivity contribution in [2.24, 2.45) is 0 Å². The Labute approximate surface area is 108 Å². The fourth-order valence-electron chi connectivity index (χ4n) is 0.969. The van der Waals surface area contributed by atoms with Crippen LogP contribution in [0.2, 0.25) is 0 Å². The van der Waals surface area contributed by atoms with Gasteiger partial charge in [-0.1, -0.05) is 0 Å². The molecule has 3 nitrogen and oxygen atoms in total. The Kier molecular flexibility index (Phi) is 4.64. The summed E-state index contributed by atoms with van der Waals surface area (Å²) in [6.45, 7) is 7.20. The Balaban J connectivity index is 2.67. The van der Waals surface area contributed by atoms with Crippen molar-refractivity contribution in [2.75, 3.05) is 6.26 Å². The van der Waals surface area contributed by atoms with Crippen molar-refractivity contribution in [1.82, 2.24) is 4.98 Å². The van der Waals surface area contributed by atoms with Crippen LogP contribution < -0.4 is 5.46 Å². The highest BCUT2D eigenvalue weighted by atomic mass is 32.2. The maximum atomic E-state index is 9.96. The SMILES string of the molecule is CSc1cc([B]OC(C)(C)C(C)(C)O)ccn1. The van der Waals surface area contributed by atoms with Crippen LogP contribution in [0.5, 0.6) is 0 Å². The maximum Gasteiger partial charge on any atom is 0.331 e. The standard InChI is InChI=1S/C12H19BNO2S/c1-11(2,15)12(3,4)16-13-9-6-7-14-10(8-9)17-5/h6-8,15H,1-5H3. The topological polar surface area (TPSA) is 42.4 Å². The molecule has 0 aliphatic rings. The highest BCUT2D eigenvalue weighted by molar-refractivity contribution is 7.98. The molecule has 1 radical (unpaired) electrons. The molecule has 1 heterocycles. The summed E-state index contributed by atoms with van der Waals surface area (Å²) in [6, 6.07) is 3.82. The van der Waals surface area contributed by atoms with Crippen LogP contribution in [0.25, 0.3) is 0 Å². The maximum absolute atomic E-state index is 9.96. The molecule has 0 fully saturated rings. The van der Waals surface area contributed by atoms with Gasteiger partial charge in [0.15, 0.2) is 0 Å². The lowest BCUT2D eigenvalue weighted by atomic mass is 9.83. The van der Waals surface area contributed by atoms with Crippen LogP contribution in [-0.2, 0) is 4.65 Å². The fraction of sp³-hybridized carbons (Fsp3) is 0.583. The molecular formula is C12H19BNO2S. The second-order valence-corrected chi connectivity index (χ2v) is 5.76. The molecule has 17 heavy (non-hydrogen) atoms. The van der Waals surface area contributed by atoms with E-state index in [9.17, 15) is 5.11 Å². The Hall–Kier alpha value is -0.515. The van der Waals surface area contributed by atoms with Crippen molar-refractivity contribution < 1.29 is 9.76 Å². The van der Waals surface area contributed by atoms with Gasteiger partial charge < -0.3 is 9.76 Å². The van der Waals surface area contributed by atoms with Gasteiger partial charge in [0.2, 0.25) is 0 Å². The van der Waals surface area contributed by atoms with Gasteiger partial charge in [0, 0.05) is 6.20 Å². The van der Waals surface area contributed by atoms with Gasteiger partial charge in [-0.05, 0) is 51.5 Å². The van der Waals surface area contributed by atoms with E-state index in [1.165, 1.54) is 0 Å². The summed E-state index contributed by atoms with van der Waals surface area (Å²) < 4.78 is 5.67. The zero-order chi connectivity index (χ0) is 13.1. The number of thioether (sulfide) groups is 1. The summed E-state index contributed by atoms with van der Waals surface area (Å²) >= 11 is 1.59. The quantitative estimate of drug-likeness (QED) is 0.638. The predicted octanol–water partition coefficient (Wildman–Crippen LogP) is 1.61. The third kappa shape index (κ3) is 4.01. The average molecular weight is 252 g/mol. The van der Waals surface area contributed by atoms with E-state index >= 15 is 0 Å². The third-order valence-corrected chi connectivity index (χ3v) is 3.57. The second-order valence-electron chi connectivity index (χ2n) is 4.94. The van der Waals surface area contributed by atoms with Gasteiger partial charge in [-0.15, -0.1) is 11.8 Å². The smallest absolute Gasteiger partial charge is 0.331 e. The normalized spacial score (nSPS) is 12.6. The molecule has 0 aliphatic heterocycles. The van der Waals surface area contributed by atoms with Gasteiger partial charge >= 0.3 is 7.48 Å². The highest BCUT2D eigenvalue weighted by Gasteiger charge is 2.35. The molecule has 1 aromatic heterocycles. The molecule has 0 aliphatic carbocycles. The van der Waals surface area contributed by atoms with Gasteiger partial charge in [0.25, 0.3) is 0 Å². The Morgan fingerprint density at radius 3 is 2.53 bits per heavy atom. The fourth-order valence-corrected chi connectivity index (χ4v) is 1.39. The number of hydrogen-bond donors (Lipinski definition) is 1. The van der Waals surface area contributed by atoms with Gasteiger partial charge in [-0.25, -0.2) is 0 Å². The summed E-state index contributed by atoms with van der Waals surface area (Å²) in [6.07, 6.45) is 3.73. The molecule has 1 rings (SSSR count). The van der Waals surface area contributed by atoms with E-state index in [1.807, 2.05) is 32.2 Å². The van der Waals surface area contributed by atoms with E-state index in [4.69, 9.17) is 4.65 Å². The van der Waals surface area contributed by atoms with Crippen molar-refractivity contribution in [2.45, 2.75) is 43.9 Å². The van der Waals surface area contributed by atoms with Crippen molar-refractivity contribution in [3.8, 4) is 0 Å². The number of aliphatic hydroxyl groups is 1. The summed E-state index contributed by atoms with van der Waals surface area (Å²) in [5.41, 5.74) is -0.601. The Bertz CT molecular complexity index is 377. The molecule has 0 bridgehead atoms. The van der Waals surface area contributed by atoms with Crippen LogP contribution in [0.4, 0.5) is 0 Å². The van der Waals surface area contributed by atoms with Crippen molar-refractivity contribution >= 4 is 24.7 Å². The average Bonchev–Trinajstić information content (AvgIpc) is 2.25. The van der Waals surface area contributed by atoms with Crippen LogP contribution in [-0.4, -0.2) is 35.0 Å². The van der Waals surface area contributed by atoms with Gasteiger partial charge in [-0.2, -0.15) is 0 Å². The largest absolute Gasteiger partial charge is 0.427 e. The number of rotatable bonds is 5. The monoisotopic (exact) mass is 252 g/mol. The summed E-state index contributed by atoms with van der Waals surface area (Å²) in [4.78, 5) is 4.19. The molecule has 1 N–H and O–H groups in total. The first-order chi connectivity index (χ1) is 7.76. The number of hydrogen-bond acceptors (Lipinski definition) is 4. The van der Waals surface area contributed by atoms with E-state index in [0.29, 0.717) is 0 Å². The van der Waals surface area contributed by atoms with E-state index in [1.54, 1.807) is 39.3 Å². The van der Waals surface area contributed by atoms with Gasteiger partial charge in [-0.3, -0.25) is 4.98 Å². The summed E-state index contributed by atoms with van der Waals surface area (Å²) in [5, 5.41) is 10.9. The lowest BCUT2D eigenvalue weighted by Gasteiger charge is -2.37. The van der Waals surface area contributed by atoms with Crippen molar-refractivity contribution in [1.29, 1.82) is 0 Å². The van der Waals surface area contributed by atoms with E-state index in [-0.39, 0.29) is 0 Å². The van der Waals surface area contributed by atoms with Crippen molar-refractivity contribution in [3.63, 3.8) is 0 Å². The predicted molar refractivity (Wildman–Crippen MR) is 72.9 cm³/mol. The molecule has 1 aromatic rings. The van der Waals surface area contributed by atoms with E-state index in [2.05, 4.69) is 4.98 Å². The van der Waals surface area contributed by atoms with E-state index in [0.717, 1.165) is 10.5 Å². The Morgan fingerprint density at radius 2 is 2.00 bits per heavy atom. The first-order valence-corrected chi connectivity index (χ1v) is 6.72. The highest BCUT2D eigenvalue weighted by Crippen LogP contribution is 2.24. The minimum atomic E-state index is -0.904. The molecular weight excluding hydrogens is 233 g/mol.